The van der Waals surface area contributed by atoms with E-state index in [0.29, 0.717) is 12.5 Å². The molecule has 0 aliphatic carbocycles. The lowest BCUT2D eigenvalue weighted by atomic mass is 10.3. The molecule has 0 amide bonds. The summed E-state index contributed by atoms with van der Waals surface area (Å²) in [5.74, 6) is 1.30. The Morgan fingerprint density at radius 3 is 3.00 bits per heavy atom. The Labute approximate surface area is 114 Å². The molecule has 0 aliphatic rings. The van der Waals surface area contributed by atoms with E-state index in [1.54, 1.807) is 0 Å². The van der Waals surface area contributed by atoms with E-state index in [-0.39, 0.29) is 0 Å². The molecule has 17 heavy (non-hydrogen) atoms. The van der Waals surface area contributed by atoms with Crippen LogP contribution in [0.15, 0.2) is 22.7 Å². The quantitative estimate of drug-likeness (QED) is 0.622. The fraction of sp³-hybridized carbons (Fsp3) is 0.417. The van der Waals surface area contributed by atoms with Gasteiger partial charge in [-0.2, -0.15) is 0 Å². The lowest BCUT2D eigenvalue weighted by Crippen LogP contribution is -2.08. The highest BCUT2D eigenvalue weighted by Crippen LogP contribution is 2.21. The first-order valence-electron chi connectivity index (χ1n) is 5.54. The SMILES string of the molecule is CCOCCn1c(CCl)nc2ccc(Br)cc21. The zero-order valence-electron chi connectivity index (χ0n) is 9.62. The molecule has 0 bridgehead atoms. The van der Waals surface area contributed by atoms with Gasteiger partial charge in [0, 0.05) is 17.6 Å². The molecule has 0 fully saturated rings. The van der Waals surface area contributed by atoms with Gasteiger partial charge in [0.05, 0.1) is 23.5 Å². The van der Waals surface area contributed by atoms with Crippen molar-refractivity contribution in [2.75, 3.05) is 13.2 Å². The van der Waals surface area contributed by atoms with E-state index in [1.165, 1.54) is 0 Å². The third-order valence-electron chi connectivity index (χ3n) is 2.57. The lowest BCUT2D eigenvalue weighted by Gasteiger charge is -2.07. The smallest absolute Gasteiger partial charge is 0.124 e. The van der Waals surface area contributed by atoms with E-state index in [9.17, 15) is 0 Å². The maximum absolute atomic E-state index is 5.92. The van der Waals surface area contributed by atoms with Crippen LogP contribution < -0.4 is 0 Å². The van der Waals surface area contributed by atoms with E-state index >= 15 is 0 Å². The molecule has 0 radical (unpaired) electrons. The van der Waals surface area contributed by atoms with Gasteiger partial charge in [0.25, 0.3) is 0 Å². The second kappa shape index (κ2) is 5.85. The number of halogens is 2. The Morgan fingerprint density at radius 1 is 1.47 bits per heavy atom. The maximum Gasteiger partial charge on any atom is 0.124 e. The summed E-state index contributed by atoms with van der Waals surface area (Å²) in [6.07, 6.45) is 0. The number of aromatic nitrogens is 2. The van der Waals surface area contributed by atoms with Crippen molar-refractivity contribution in [2.24, 2.45) is 0 Å². The minimum atomic E-state index is 0.415. The molecule has 92 valence electrons. The summed E-state index contributed by atoms with van der Waals surface area (Å²) >= 11 is 9.39. The van der Waals surface area contributed by atoms with Crippen LogP contribution in [0, 0.1) is 0 Å². The molecule has 5 heteroatoms. The van der Waals surface area contributed by atoms with Crippen LogP contribution in [0.3, 0.4) is 0 Å². The van der Waals surface area contributed by atoms with Crippen LogP contribution in [0.1, 0.15) is 12.7 Å². The van der Waals surface area contributed by atoms with Crippen molar-refractivity contribution in [2.45, 2.75) is 19.3 Å². The summed E-state index contributed by atoms with van der Waals surface area (Å²) in [6.45, 7) is 4.18. The highest BCUT2D eigenvalue weighted by molar-refractivity contribution is 9.10. The number of imidazole rings is 1. The van der Waals surface area contributed by atoms with Gasteiger partial charge in [-0.05, 0) is 25.1 Å². The Kier molecular flexibility index (Phi) is 4.42. The predicted octanol–water partition coefficient (Wildman–Crippen LogP) is 3.57. The van der Waals surface area contributed by atoms with Gasteiger partial charge in [0.1, 0.15) is 5.82 Å². The van der Waals surface area contributed by atoms with E-state index in [2.05, 4.69) is 31.5 Å². The highest BCUT2D eigenvalue weighted by Gasteiger charge is 2.09. The molecule has 0 spiro atoms. The number of nitrogens with zero attached hydrogens (tertiary/aromatic N) is 2. The van der Waals surface area contributed by atoms with Crippen LogP contribution >= 0.6 is 27.5 Å². The van der Waals surface area contributed by atoms with Crippen molar-refractivity contribution in [1.29, 1.82) is 0 Å². The van der Waals surface area contributed by atoms with E-state index in [4.69, 9.17) is 16.3 Å². The van der Waals surface area contributed by atoms with Crippen LogP contribution in [-0.2, 0) is 17.2 Å². The second-order valence-electron chi connectivity index (χ2n) is 3.64. The van der Waals surface area contributed by atoms with Crippen LogP contribution in [0.25, 0.3) is 11.0 Å². The van der Waals surface area contributed by atoms with Crippen LogP contribution in [-0.4, -0.2) is 22.8 Å². The molecule has 0 N–H and O–H groups in total. The fourth-order valence-electron chi connectivity index (χ4n) is 1.80. The van der Waals surface area contributed by atoms with Crippen LogP contribution in [0.5, 0.6) is 0 Å². The summed E-state index contributed by atoms with van der Waals surface area (Å²) in [5.41, 5.74) is 2.06. The molecule has 0 saturated carbocycles. The normalized spacial score (nSPS) is 11.2. The Hall–Kier alpha value is -0.580. The maximum atomic E-state index is 5.92. The second-order valence-corrected chi connectivity index (χ2v) is 4.83. The van der Waals surface area contributed by atoms with E-state index in [1.807, 2.05) is 19.1 Å². The molecule has 1 aromatic carbocycles. The summed E-state index contributed by atoms with van der Waals surface area (Å²) in [5, 5.41) is 0. The molecule has 0 aliphatic heterocycles. The van der Waals surface area contributed by atoms with Gasteiger partial charge < -0.3 is 9.30 Å². The molecule has 2 aromatic rings. The zero-order valence-corrected chi connectivity index (χ0v) is 12.0. The summed E-state index contributed by atoms with van der Waals surface area (Å²) in [4.78, 5) is 4.51. The summed E-state index contributed by atoms with van der Waals surface area (Å²) in [6, 6.07) is 6.04. The lowest BCUT2D eigenvalue weighted by molar-refractivity contribution is 0.139. The van der Waals surface area contributed by atoms with Gasteiger partial charge >= 0.3 is 0 Å². The van der Waals surface area contributed by atoms with E-state index in [0.717, 1.165) is 34.5 Å². The molecule has 3 nitrogen and oxygen atoms in total. The monoisotopic (exact) mass is 316 g/mol. The van der Waals surface area contributed by atoms with Crippen molar-refractivity contribution < 1.29 is 4.74 Å². The molecular formula is C12H14BrClN2O. The first-order chi connectivity index (χ1) is 8.26. The highest BCUT2D eigenvalue weighted by atomic mass is 79.9. The van der Waals surface area contributed by atoms with Crippen molar-refractivity contribution in [3.8, 4) is 0 Å². The van der Waals surface area contributed by atoms with Gasteiger partial charge in [0.15, 0.2) is 0 Å². The number of alkyl halides is 1. The van der Waals surface area contributed by atoms with Gasteiger partial charge in [-0.3, -0.25) is 0 Å². The van der Waals surface area contributed by atoms with Crippen molar-refractivity contribution in [3.63, 3.8) is 0 Å². The molecular weight excluding hydrogens is 304 g/mol. The first-order valence-corrected chi connectivity index (χ1v) is 6.87. The van der Waals surface area contributed by atoms with Crippen molar-refractivity contribution in [1.82, 2.24) is 9.55 Å². The van der Waals surface area contributed by atoms with Crippen LogP contribution in [0.2, 0.25) is 0 Å². The van der Waals surface area contributed by atoms with Gasteiger partial charge in [0.2, 0.25) is 0 Å². The number of fused-ring (bicyclic) bond motifs is 1. The number of benzene rings is 1. The molecule has 0 saturated heterocycles. The van der Waals surface area contributed by atoms with Crippen molar-refractivity contribution in [3.05, 3.63) is 28.5 Å². The average Bonchev–Trinajstić information content (AvgIpc) is 2.67. The minimum Gasteiger partial charge on any atom is -0.380 e. The van der Waals surface area contributed by atoms with Gasteiger partial charge in [-0.1, -0.05) is 15.9 Å². The number of rotatable bonds is 5. The minimum absolute atomic E-state index is 0.415. The third kappa shape index (κ3) is 2.81. The number of ether oxygens (including phenoxy) is 1. The average molecular weight is 318 g/mol. The topological polar surface area (TPSA) is 27.1 Å². The van der Waals surface area contributed by atoms with Crippen molar-refractivity contribution >= 4 is 38.6 Å². The fourth-order valence-corrected chi connectivity index (χ4v) is 2.35. The molecule has 2 rings (SSSR count). The summed E-state index contributed by atoms with van der Waals surface area (Å²) < 4.78 is 8.54. The number of hydrogen-bond donors (Lipinski definition) is 0. The Morgan fingerprint density at radius 2 is 2.29 bits per heavy atom. The molecule has 0 atom stereocenters. The molecule has 1 heterocycles. The van der Waals surface area contributed by atoms with Gasteiger partial charge in [-0.15, -0.1) is 11.6 Å². The molecule has 0 unspecified atom stereocenters. The predicted molar refractivity (Wildman–Crippen MR) is 73.5 cm³/mol. The Bertz CT molecular complexity index is 512. The van der Waals surface area contributed by atoms with E-state index < -0.39 is 0 Å². The molecule has 1 aromatic heterocycles. The first kappa shape index (κ1) is 12.9. The standard InChI is InChI=1S/C12H14BrClN2O/c1-2-17-6-5-16-11-7-9(13)3-4-10(11)15-12(16)8-14/h3-4,7H,2,5-6,8H2,1H3. The van der Waals surface area contributed by atoms with Gasteiger partial charge in [-0.25, -0.2) is 4.98 Å². The summed E-state index contributed by atoms with van der Waals surface area (Å²) in [7, 11) is 0. The third-order valence-corrected chi connectivity index (χ3v) is 3.30. The van der Waals surface area contributed by atoms with Crippen LogP contribution in [0.4, 0.5) is 0 Å². The number of hydrogen-bond acceptors (Lipinski definition) is 2. The zero-order chi connectivity index (χ0) is 12.3. The largest absolute Gasteiger partial charge is 0.380 e. The Balaban J connectivity index is 2.38.